The monoisotopic (exact) mass is 274 g/mol. The molecule has 108 valence electrons. The lowest BCUT2D eigenvalue weighted by atomic mass is 9.54. The molecule has 0 unspecified atom stereocenters. The standard InChI is InChI=1S/C16H22N2O2/c19-15(20)2-1-14-8-17-9-18(14)16-12-4-10-3-11(6-12)7-13(16)5-10/h8-13,16H,1-7H2,(H,19,20). The number of hydrogen-bond acceptors (Lipinski definition) is 2. The molecule has 4 saturated carbocycles. The van der Waals surface area contributed by atoms with Crippen molar-refractivity contribution in [3.05, 3.63) is 18.2 Å². The van der Waals surface area contributed by atoms with Crippen molar-refractivity contribution in [2.75, 3.05) is 0 Å². The van der Waals surface area contributed by atoms with Gasteiger partial charge in [0.25, 0.3) is 0 Å². The topological polar surface area (TPSA) is 55.1 Å². The van der Waals surface area contributed by atoms with E-state index in [1.54, 1.807) is 0 Å². The number of aryl methyl sites for hydroxylation is 1. The number of carboxylic acids is 1. The second kappa shape index (κ2) is 4.61. The summed E-state index contributed by atoms with van der Waals surface area (Å²) in [4.78, 5) is 15.1. The van der Waals surface area contributed by atoms with Crippen molar-refractivity contribution < 1.29 is 9.90 Å². The quantitative estimate of drug-likeness (QED) is 0.918. The molecule has 0 aromatic carbocycles. The Morgan fingerprint density at radius 3 is 2.45 bits per heavy atom. The number of imidazole rings is 1. The van der Waals surface area contributed by atoms with Crippen LogP contribution in [0.4, 0.5) is 0 Å². The van der Waals surface area contributed by atoms with Gasteiger partial charge in [0.1, 0.15) is 0 Å². The average Bonchev–Trinajstić information content (AvgIpc) is 2.83. The summed E-state index contributed by atoms with van der Waals surface area (Å²) in [6, 6.07) is 0.592. The molecular formula is C16H22N2O2. The largest absolute Gasteiger partial charge is 0.481 e. The van der Waals surface area contributed by atoms with Crippen molar-refractivity contribution in [2.45, 2.75) is 51.0 Å². The summed E-state index contributed by atoms with van der Waals surface area (Å²) < 4.78 is 2.33. The summed E-state index contributed by atoms with van der Waals surface area (Å²) in [6.07, 6.45) is 11.6. The minimum absolute atomic E-state index is 0.207. The normalized spacial score (nSPS) is 38.3. The Hall–Kier alpha value is -1.32. The van der Waals surface area contributed by atoms with Gasteiger partial charge in [-0.3, -0.25) is 4.79 Å². The molecule has 4 aliphatic rings. The van der Waals surface area contributed by atoms with E-state index >= 15 is 0 Å². The third-order valence-electron chi connectivity index (χ3n) is 5.84. The smallest absolute Gasteiger partial charge is 0.303 e. The Balaban J connectivity index is 1.58. The van der Waals surface area contributed by atoms with Gasteiger partial charge in [-0.25, -0.2) is 4.98 Å². The van der Waals surface area contributed by atoms with Crippen molar-refractivity contribution in [1.29, 1.82) is 0 Å². The SMILES string of the molecule is O=C(O)CCc1cncn1C1C2CC3CC(C2)CC1C3. The van der Waals surface area contributed by atoms with Crippen molar-refractivity contribution in [3.8, 4) is 0 Å². The van der Waals surface area contributed by atoms with Crippen LogP contribution >= 0.6 is 0 Å². The van der Waals surface area contributed by atoms with Crippen LogP contribution in [0, 0.1) is 23.7 Å². The summed E-state index contributed by atoms with van der Waals surface area (Å²) in [5.74, 6) is 2.84. The first-order chi connectivity index (χ1) is 9.70. The van der Waals surface area contributed by atoms with Gasteiger partial charge in [0.05, 0.1) is 12.7 Å². The molecule has 1 N–H and O–H groups in total. The van der Waals surface area contributed by atoms with E-state index in [-0.39, 0.29) is 6.42 Å². The average molecular weight is 274 g/mol. The number of nitrogens with zero attached hydrogens (tertiary/aromatic N) is 2. The molecule has 0 amide bonds. The molecule has 5 rings (SSSR count). The van der Waals surface area contributed by atoms with Crippen molar-refractivity contribution in [3.63, 3.8) is 0 Å². The number of carbonyl (C=O) groups is 1. The molecule has 20 heavy (non-hydrogen) atoms. The van der Waals surface area contributed by atoms with E-state index in [0.29, 0.717) is 12.5 Å². The van der Waals surface area contributed by atoms with Crippen LogP contribution in [0.15, 0.2) is 12.5 Å². The first-order valence-electron chi connectivity index (χ1n) is 7.93. The van der Waals surface area contributed by atoms with Crippen LogP contribution in [0.2, 0.25) is 0 Å². The molecular weight excluding hydrogens is 252 g/mol. The van der Waals surface area contributed by atoms with Gasteiger partial charge in [0.2, 0.25) is 0 Å². The Bertz CT molecular complexity index is 494. The van der Waals surface area contributed by atoms with E-state index in [1.807, 2.05) is 12.5 Å². The Morgan fingerprint density at radius 2 is 1.85 bits per heavy atom. The van der Waals surface area contributed by atoms with E-state index in [2.05, 4.69) is 9.55 Å². The zero-order valence-corrected chi connectivity index (χ0v) is 11.7. The molecule has 1 heterocycles. The highest BCUT2D eigenvalue weighted by atomic mass is 16.4. The van der Waals surface area contributed by atoms with Crippen molar-refractivity contribution >= 4 is 5.97 Å². The third-order valence-corrected chi connectivity index (χ3v) is 5.84. The van der Waals surface area contributed by atoms with Gasteiger partial charge in [0, 0.05) is 17.9 Å². The summed E-state index contributed by atoms with van der Waals surface area (Å²) in [5, 5.41) is 8.89. The minimum atomic E-state index is -0.720. The van der Waals surface area contributed by atoms with Gasteiger partial charge in [-0.15, -0.1) is 0 Å². The maximum absolute atomic E-state index is 10.8. The minimum Gasteiger partial charge on any atom is -0.481 e. The van der Waals surface area contributed by atoms with Crippen LogP contribution in [0.3, 0.4) is 0 Å². The fraction of sp³-hybridized carbons (Fsp3) is 0.750. The van der Waals surface area contributed by atoms with Crippen LogP contribution in [0.1, 0.15) is 50.3 Å². The van der Waals surface area contributed by atoms with Crippen LogP contribution in [0.25, 0.3) is 0 Å². The summed E-state index contributed by atoms with van der Waals surface area (Å²) in [6.45, 7) is 0. The van der Waals surface area contributed by atoms with Crippen LogP contribution in [-0.2, 0) is 11.2 Å². The second-order valence-corrected chi connectivity index (χ2v) is 7.11. The molecule has 0 aliphatic heterocycles. The van der Waals surface area contributed by atoms with Gasteiger partial charge in [-0.05, 0) is 62.2 Å². The molecule has 4 nitrogen and oxygen atoms in total. The lowest BCUT2D eigenvalue weighted by Crippen LogP contribution is -2.46. The number of carboxylic acid groups (broad SMARTS) is 1. The molecule has 4 aliphatic carbocycles. The number of aromatic nitrogens is 2. The highest BCUT2D eigenvalue weighted by Gasteiger charge is 2.49. The van der Waals surface area contributed by atoms with Crippen LogP contribution < -0.4 is 0 Å². The number of rotatable bonds is 4. The Kier molecular flexibility index (Phi) is 2.86. The second-order valence-electron chi connectivity index (χ2n) is 7.11. The maximum Gasteiger partial charge on any atom is 0.303 e. The first kappa shape index (κ1) is 12.4. The predicted octanol–water partition coefficient (Wildman–Crippen LogP) is 2.90. The molecule has 0 saturated heterocycles. The zero-order valence-electron chi connectivity index (χ0n) is 11.7. The van der Waals surface area contributed by atoms with Crippen molar-refractivity contribution in [2.24, 2.45) is 23.7 Å². The molecule has 4 fully saturated rings. The lowest BCUT2D eigenvalue weighted by molar-refractivity contribution is -0.137. The molecule has 4 bridgehead atoms. The highest BCUT2D eigenvalue weighted by Crippen LogP contribution is 2.58. The molecule has 0 radical (unpaired) electrons. The molecule has 1 aromatic rings. The number of aliphatic carboxylic acids is 1. The van der Waals surface area contributed by atoms with E-state index in [4.69, 9.17) is 5.11 Å². The number of hydrogen-bond donors (Lipinski definition) is 1. The summed E-state index contributed by atoms with van der Waals surface area (Å²) in [7, 11) is 0. The van der Waals surface area contributed by atoms with E-state index in [9.17, 15) is 4.79 Å². The van der Waals surface area contributed by atoms with E-state index in [0.717, 1.165) is 29.4 Å². The fourth-order valence-electron chi connectivity index (χ4n) is 5.38. The Labute approximate surface area is 119 Å². The van der Waals surface area contributed by atoms with Crippen LogP contribution in [0.5, 0.6) is 0 Å². The summed E-state index contributed by atoms with van der Waals surface area (Å²) >= 11 is 0. The molecule has 4 heteroatoms. The van der Waals surface area contributed by atoms with Gasteiger partial charge < -0.3 is 9.67 Å². The fourth-order valence-corrected chi connectivity index (χ4v) is 5.38. The van der Waals surface area contributed by atoms with Gasteiger partial charge in [0.15, 0.2) is 0 Å². The molecule has 0 spiro atoms. The first-order valence-corrected chi connectivity index (χ1v) is 7.93. The molecule has 0 atom stereocenters. The lowest BCUT2D eigenvalue weighted by Gasteiger charge is -2.54. The summed E-state index contributed by atoms with van der Waals surface area (Å²) in [5.41, 5.74) is 1.12. The predicted molar refractivity (Wildman–Crippen MR) is 74.3 cm³/mol. The van der Waals surface area contributed by atoms with E-state index in [1.165, 1.54) is 32.1 Å². The van der Waals surface area contributed by atoms with Crippen molar-refractivity contribution in [1.82, 2.24) is 9.55 Å². The third kappa shape index (κ3) is 1.97. The van der Waals surface area contributed by atoms with Gasteiger partial charge in [-0.1, -0.05) is 0 Å². The van der Waals surface area contributed by atoms with Gasteiger partial charge in [-0.2, -0.15) is 0 Å². The molecule has 1 aromatic heterocycles. The maximum atomic E-state index is 10.8. The highest BCUT2D eigenvalue weighted by molar-refractivity contribution is 5.66. The van der Waals surface area contributed by atoms with Crippen LogP contribution in [-0.4, -0.2) is 20.6 Å². The van der Waals surface area contributed by atoms with E-state index < -0.39 is 5.97 Å². The van der Waals surface area contributed by atoms with Gasteiger partial charge >= 0.3 is 5.97 Å². The Morgan fingerprint density at radius 1 is 1.20 bits per heavy atom. The zero-order chi connectivity index (χ0) is 13.7.